The maximum Gasteiger partial charge on any atom is 0.0723 e. The zero-order valence-corrected chi connectivity index (χ0v) is 13.9. The van der Waals surface area contributed by atoms with Crippen molar-refractivity contribution in [1.82, 2.24) is 0 Å². The van der Waals surface area contributed by atoms with Gasteiger partial charge in [0.1, 0.15) is 0 Å². The van der Waals surface area contributed by atoms with E-state index in [0.717, 1.165) is 36.0 Å². The van der Waals surface area contributed by atoms with Gasteiger partial charge >= 0.3 is 0 Å². The van der Waals surface area contributed by atoms with Gasteiger partial charge < -0.3 is 5.11 Å². The van der Waals surface area contributed by atoms with E-state index in [9.17, 15) is 5.11 Å². The molecule has 0 heterocycles. The summed E-state index contributed by atoms with van der Waals surface area (Å²) in [6.45, 7) is 5.04. The lowest BCUT2D eigenvalue weighted by molar-refractivity contribution is -0.0250. The van der Waals surface area contributed by atoms with Crippen molar-refractivity contribution in [3.63, 3.8) is 0 Å². The maximum absolute atomic E-state index is 9.93. The highest BCUT2D eigenvalue weighted by atomic mass is 16.3. The summed E-state index contributed by atoms with van der Waals surface area (Å²) in [7, 11) is 0. The standard InChI is InChI=1S/C20H32O/c1-3-14-5-9-19-18-7-4-13-12-15(21)6-8-16(13)17(18)10-11-20(14,19)2/h12,14-19,21H,3-11H2,1-2H3/t14-,15?,16-,17?,18?,19?,20+/m0/s1. The minimum Gasteiger partial charge on any atom is -0.389 e. The fraction of sp³-hybridized carbons (Fsp3) is 0.900. The van der Waals surface area contributed by atoms with Crippen LogP contribution in [0, 0.1) is 35.0 Å². The molecule has 0 bridgehead atoms. The van der Waals surface area contributed by atoms with Gasteiger partial charge in [-0.2, -0.15) is 0 Å². The molecule has 1 nitrogen and oxygen atoms in total. The topological polar surface area (TPSA) is 20.2 Å². The highest BCUT2D eigenvalue weighted by molar-refractivity contribution is 5.19. The van der Waals surface area contributed by atoms with Gasteiger partial charge in [-0.3, -0.25) is 0 Å². The van der Waals surface area contributed by atoms with Crippen molar-refractivity contribution in [3.8, 4) is 0 Å². The van der Waals surface area contributed by atoms with Gasteiger partial charge in [-0.1, -0.05) is 31.9 Å². The number of aliphatic hydroxyl groups is 1. The van der Waals surface area contributed by atoms with Crippen LogP contribution in [0.2, 0.25) is 0 Å². The first kappa shape index (κ1) is 14.3. The molecule has 0 amide bonds. The molecule has 118 valence electrons. The number of rotatable bonds is 1. The monoisotopic (exact) mass is 288 g/mol. The second-order valence-electron chi connectivity index (χ2n) is 8.69. The zero-order chi connectivity index (χ0) is 14.6. The molecule has 3 fully saturated rings. The van der Waals surface area contributed by atoms with Gasteiger partial charge in [0.2, 0.25) is 0 Å². The van der Waals surface area contributed by atoms with Crippen molar-refractivity contribution >= 4 is 0 Å². The zero-order valence-electron chi connectivity index (χ0n) is 13.9. The molecular weight excluding hydrogens is 256 g/mol. The summed E-state index contributed by atoms with van der Waals surface area (Å²) in [5.74, 6) is 4.78. The molecule has 0 aromatic rings. The van der Waals surface area contributed by atoms with E-state index in [1.165, 1.54) is 51.4 Å². The predicted octanol–water partition coefficient (Wildman–Crippen LogP) is 4.95. The van der Waals surface area contributed by atoms with Crippen LogP contribution >= 0.6 is 0 Å². The van der Waals surface area contributed by atoms with Crippen LogP contribution in [-0.2, 0) is 0 Å². The maximum atomic E-state index is 9.93. The van der Waals surface area contributed by atoms with Crippen molar-refractivity contribution in [3.05, 3.63) is 11.6 Å². The lowest BCUT2D eigenvalue weighted by Gasteiger charge is -2.54. The first-order valence-electron chi connectivity index (χ1n) is 9.52. The van der Waals surface area contributed by atoms with Gasteiger partial charge in [0.05, 0.1) is 6.10 Å². The molecule has 21 heavy (non-hydrogen) atoms. The lowest BCUT2D eigenvalue weighted by Crippen LogP contribution is -2.46. The van der Waals surface area contributed by atoms with Gasteiger partial charge in [-0.25, -0.2) is 0 Å². The van der Waals surface area contributed by atoms with Gasteiger partial charge in [0, 0.05) is 0 Å². The first-order valence-corrected chi connectivity index (χ1v) is 9.52. The summed E-state index contributed by atoms with van der Waals surface area (Å²) in [4.78, 5) is 0. The lowest BCUT2D eigenvalue weighted by atomic mass is 9.51. The Hall–Kier alpha value is -0.300. The van der Waals surface area contributed by atoms with Crippen LogP contribution in [0.3, 0.4) is 0 Å². The van der Waals surface area contributed by atoms with Crippen molar-refractivity contribution in [2.24, 2.45) is 35.0 Å². The molecule has 7 atom stereocenters. The van der Waals surface area contributed by atoms with Gasteiger partial charge in [-0.15, -0.1) is 0 Å². The molecule has 0 aromatic carbocycles. The summed E-state index contributed by atoms with van der Waals surface area (Å²) >= 11 is 0. The van der Waals surface area contributed by atoms with Gasteiger partial charge in [-0.05, 0) is 86.4 Å². The fourth-order valence-corrected chi connectivity index (χ4v) is 7.09. The van der Waals surface area contributed by atoms with E-state index in [1.54, 1.807) is 5.57 Å². The number of hydrogen-bond donors (Lipinski definition) is 1. The largest absolute Gasteiger partial charge is 0.389 e. The highest BCUT2D eigenvalue weighted by Gasteiger charge is 2.55. The Bertz CT molecular complexity index is 439. The predicted molar refractivity (Wildman–Crippen MR) is 86.9 cm³/mol. The quantitative estimate of drug-likeness (QED) is 0.677. The average molecular weight is 288 g/mol. The Balaban J connectivity index is 1.60. The third-order valence-electron chi connectivity index (χ3n) is 8.12. The molecule has 0 aliphatic heterocycles. The summed E-state index contributed by atoms with van der Waals surface area (Å²) in [5, 5.41) is 9.93. The second kappa shape index (κ2) is 5.11. The second-order valence-corrected chi connectivity index (χ2v) is 8.69. The summed E-state index contributed by atoms with van der Waals surface area (Å²) in [6, 6.07) is 0. The third-order valence-corrected chi connectivity index (χ3v) is 8.12. The molecule has 0 aromatic heterocycles. The van der Waals surface area contributed by atoms with E-state index in [-0.39, 0.29) is 6.10 Å². The normalized spacial score (nSPS) is 52.6. The summed E-state index contributed by atoms with van der Waals surface area (Å²) < 4.78 is 0. The SMILES string of the molecule is CC[C@H]1CCC2C3CCC4=CC(O)CC[C@@H]4C3CC[C@@]21C. The van der Waals surface area contributed by atoms with Crippen molar-refractivity contribution in [2.45, 2.75) is 77.7 Å². The molecule has 4 unspecified atom stereocenters. The molecule has 1 N–H and O–H groups in total. The van der Waals surface area contributed by atoms with E-state index in [4.69, 9.17) is 0 Å². The summed E-state index contributed by atoms with van der Waals surface area (Å²) in [6.07, 6.45) is 14.4. The molecular formula is C20H32O. The number of aliphatic hydroxyl groups excluding tert-OH is 1. The van der Waals surface area contributed by atoms with Crippen molar-refractivity contribution in [2.75, 3.05) is 0 Å². The molecule has 4 aliphatic rings. The Morgan fingerprint density at radius 2 is 1.95 bits per heavy atom. The van der Waals surface area contributed by atoms with Crippen LogP contribution in [-0.4, -0.2) is 11.2 Å². The molecule has 1 heteroatoms. The van der Waals surface area contributed by atoms with Crippen LogP contribution in [0.4, 0.5) is 0 Å². The number of fused-ring (bicyclic) bond motifs is 5. The van der Waals surface area contributed by atoms with Crippen molar-refractivity contribution < 1.29 is 5.11 Å². The van der Waals surface area contributed by atoms with Gasteiger partial charge in [0.15, 0.2) is 0 Å². The van der Waals surface area contributed by atoms with E-state index in [2.05, 4.69) is 19.9 Å². The van der Waals surface area contributed by atoms with Gasteiger partial charge in [0.25, 0.3) is 0 Å². The minimum absolute atomic E-state index is 0.141. The Kier molecular flexibility index (Phi) is 3.48. The Labute approximate surface area is 130 Å². The third kappa shape index (κ3) is 2.06. The molecule has 0 saturated heterocycles. The van der Waals surface area contributed by atoms with Crippen LogP contribution < -0.4 is 0 Å². The van der Waals surface area contributed by atoms with Crippen LogP contribution in [0.15, 0.2) is 11.6 Å². The van der Waals surface area contributed by atoms with E-state index >= 15 is 0 Å². The van der Waals surface area contributed by atoms with Crippen LogP contribution in [0.1, 0.15) is 71.6 Å². The number of hydrogen-bond acceptors (Lipinski definition) is 1. The van der Waals surface area contributed by atoms with Crippen LogP contribution in [0.25, 0.3) is 0 Å². The van der Waals surface area contributed by atoms with E-state index in [1.807, 2.05) is 0 Å². The molecule has 3 saturated carbocycles. The molecule has 0 spiro atoms. The van der Waals surface area contributed by atoms with Crippen molar-refractivity contribution in [1.29, 1.82) is 0 Å². The van der Waals surface area contributed by atoms with E-state index < -0.39 is 0 Å². The summed E-state index contributed by atoms with van der Waals surface area (Å²) in [5.41, 5.74) is 2.29. The Morgan fingerprint density at radius 3 is 2.76 bits per heavy atom. The average Bonchev–Trinajstić information content (AvgIpc) is 2.83. The fourth-order valence-electron chi connectivity index (χ4n) is 7.09. The molecule has 4 rings (SSSR count). The smallest absolute Gasteiger partial charge is 0.0723 e. The Morgan fingerprint density at radius 1 is 1.10 bits per heavy atom. The minimum atomic E-state index is -0.141. The van der Waals surface area contributed by atoms with Crippen LogP contribution in [0.5, 0.6) is 0 Å². The first-order chi connectivity index (χ1) is 10.1. The van der Waals surface area contributed by atoms with E-state index in [0.29, 0.717) is 5.41 Å². The molecule has 0 radical (unpaired) electrons. The highest BCUT2D eigenvalue weighted by Crippen LogP contribution is 2.64. The molecule has 4 aliphatic carbocycles. The number of allylic oxidation sites excluding steroid dienone is 1.